The number of benzene rings is 1. The first-order valence-corrected chi connectivity index (χ1v) is 4.69. The van der Waals surface area contributed by atoms with Crippen LogP contribution in [0, 0.1) is 5.82 Å². The summed E-state index contributed by atoms with van der Waals surface area (Å²) in [5.74, 6) is 0.525. The minimum Gasteiger partial charge on any atom is -0.489 e. The Morgan fingerprint density at radius 2 is 2.21 bits per heavy atom. The minimum atomic E-state index is -0.207. The van der Waals surface area contributed by atoms with Crippen molar-refractivity contribution in [3.05, 3.63) is 42.2 Å². The van der Waals surface area contributed by atoms with Gasteiger partial charge in [-0.05, 0) is 18.1 Å². The molecule has 0 aliphatic heterocycles. The number of hydrogen-bond donors (Lipinski definition) is 0. The van der Waals surface area contributed by atoms with Crippen LogP contribution in [0.15, 0.2) is 30.9 Å². The van der Waals surface area contributed by atoms with E-state index < -0.39 is 0 Å². The van der Waals surface area contributed by atoms with Crippen molar-refractivity contribution in [3.8, 4) is 5.75 Å². The molecule has 0 unspecified atom stereocenters. The summed E-state index contributed by atoms with van der Waals surface area (Å²) in [6.45, 7) is 7.85. The summed E-state index contributed by atoms with van der Waals surface area (Å²) in [6, 6.07) is 4.89. The van der Waals surface area contributed by atoms with Gasteiger partial charge in [0.05, 0.1) is 0 Å². The predicted octanol–water partition coefficient (Wildman–Crippen LogP) is 3.51. The second kappa shape index (κ2) is 4.80. The minimum absolute atomic E-state index is 0.121. The Kier molecular flexibility index (Phi) is 3.69. The molecule has 0 saturated heterocycles. The molecule has 0 aliphatic rings. The molecule has 0 aliphatic carbocycles. The Hall–Kier alpha value is -1.31. The third-order valence-electron chi connectivity index (χ3n) is 1.95. The molecule has 0 aromatic heterocycles. The van der Waals surface area contributed by atoms with Gasteiger partial charge in [-0.2, -0.15) is 0 Å². The standard InChI is InChI=1S/C12H15FO/c1-4-8-14-11-7-5-6-10(13)12(11)9(2)3/h4-7,9H,1,8H2,2-3H3. The number of rotatable bonds is 4. The maximum Gasteiger partial charge on any atom is 0.130 e. The fourth-order valence-electron chi connectivity index (χ4n) is 1.35. The van der Waals surface area contributed by atoms with Crippen LogP contribution in [0.2, 0.25) is 0 Å². The van der Waals surface area contributed by atoms with Crippen LogP contribution in [-0.2, 0) is 0 Å². The number of ether oxygens (including phenoxy) is 1. The van der Waals surface area contributed by atoms with Gasteiger partial charge in [0.15, 0.2) is 0 Å². The van der Waals surface area contributed by atoms with Gasteiger partial charge in [-0.25, -0.2) is 4.39 Å². The highest BCUT2D eigenvalue weighted by Gasteiger charge is 2.12. The highest BCUT2D eigenvalue weighted by molar-refractivity contribution is 5.37. The first-order valence-electron chi connectivity index (χ1n) is 4.69. The lowest BCUT2D eigenvalue weighted by atomic mass is 10.0. The van der Waals surface area contributed by atoms with Crippen LogP contribution < -0.4 is 4.74 Å². The molecule has 0 radical (unpaired) electrons. The molecule has 1 nitrogen and oxygen atoms in total. The molecule has 0 atom stereocenters. The van der Waals surface area contributed by atoms with Crippen molar-refractivity contribution >= 4 is 0 Å². The molecule has 14 heavy (non-hydrogen) atoms. The Morgan fingerprint density at radius 3 is 2.79 bits per heavy atom. The van der Waals surface area contributed by atoms with Gasteiger partial charge in [-0.3, -0.25) is 0 Å². The number of hydrogen-bond acceptors (Lipinski definition) is 1. The van der Waals surface area contributed by atoms with Crippen molar-refractivity contribution in [2.45, 2.75) is 19.8 Å². The van der Waals surface area contributed by atoms with E-state index in [4.69, 9.17) is 4.74 Å². The molecule has 76 valence electrons. The summed E-state index contributed by atoms with van der Waals surface area (Å²) in [6.07, 6.45) is 1.65. The maximum atomic E-state index is 13.4. The lowest BCUT2D eigenvalue weighted by Gasteiger charge is -2.13. The van der Waals surface area contributed by atoms with E-state index in [-0.39, 0.29) is 11.7 Å². The Balaban J connectivity index is 3.01. The summed E-state index contributed by atoms with van der Waals surface area (Å²) >= 11 is 0. The van der Waals surface area contributed by atoms with Crippen molar-refractivity contribution in [3.63, 3.8) is 0 Å². The zero-order chi connectivity index (χ0) is 10.6. The van der Waals surface area contributed by atoms with Crippen LogP contribution in [0.25, 0.3) is 0 Å². The zero-order valence-corrected chi connectivity index (χ0v) is 8.59. The van der Waals surface area contributed by atoms with Crippen LogP contribution in [-0.4, -0.2) is 6.61 Å². The van der Waals surface area contributed by atoms with Crippen LogP contribution in [0.5, 0.6) is 5.75 Å². The molecule has 1 aromatic rings. The van der Waals surface area contributed by atoms with Crippen LogP contribution in [0.1, 0.15) is 25.3 Å². The third kappa shape index (κ3) is 2.34. The van der Waals surface area contributed by atoms with Gasteiger partial charge in [0, 0.05) is 5.56 Å². The summed E-state index contributed by atoms with van der Waals surface area (Å²) < 4.78 is 18.8. The molecule has 0 fully saturated rings. The maximum absolute atomic E-state index is 13.4. The molecule has 0 heterocycles. The van der Waals surface area contributed by atoms with E-state index in [2.05, 4.69) is 6.58 Å². The Bertz CT molecular complexity index is 318. The highest BCUT2D eigenvalue weighted by Crippen LogP contribution is 2.28. The van der Waals surface area contributed by atoms with Crippen molar-refractivity contribution < 1.29 is 9.13 Å². The molecule has 0 saturated carbocycles. The monoisotopic (exact) mass is 194 g/mol. The topological polar surface area (TPSA) is 9.23 Å². The molecular weight excluding hydrogens is 179 g/mol. The van der Waals surface area contributed by atoms with Crippen molar-refractivity contribution in [1.29, 1.82) is 0 Å². The predicted molar refractivity (Wildman–Crippen MR) is 56.2 cm³/mol. The van der Waals surface area contributed by atoms with E-state index in [0.717, 1.165) is 0 Å². The lowest BCUT2D eigenvalue weighted by molar-refractivity contribution is 0.353. The molecule has 2 heteroatoms. The fourth-order valence-corrected chi connectivity index (χ4v) is 1.35. The molecule has 0 bridgehead atoms. The Labute approximate surface area is 84.2 Å². The van der Waals surface area contributed by atoms with Gasteiger partial charge in [0.1, 0.15) is 18.2 Å². The van der Waals surface area contributed by atoms with Crippen LogP contribution in [0.3, 0.4) is 0 Å². The lowest BCUT2D eigenvalue weighted by Crippen LogP contribution is -2.01. The van der Waals surface area contributed by atoms with E-state index in [1.165, 1.54) is 6.07 Å². The largest absolute Gasteiger partial charge is 0.489 e. The van der Waals surface area contributed by atoms with E-state index in [1.54, 1.807) is 18.2 Å². The van der Waals surface area contributed by atoms with Gasteiger partial charge in [-0.15, -0.1) is 0 Å². The van der Waals surface area contributed by atoms with Crippen LogP contribution >= 0.6 is 0 Å². The van der Waals surface area contributed by atoms with Gasteiger partial charge in [0.25, 0.3) is 0 Å². The SMILES string of the molecule is C=CCOc1cccc(F)c1C(C)C. The van der Waals surface area contributed by atoms with Gasteiger partial charge < -0.3 is 4.74 Å². The molecule has 1 rings (SSSR count). The average Bonchev–Trinajstić information content (AvgIpc) is 2.14. The second-order valence-corrected chi connectivity index (χ2v) is 3.41. The van der Waals surface area contributed by atoms with Gasteiger partial charge in [-0.1, -0.05) is 32.6 Å². The molecule has 1 aromatic carbocycles. The highest BCUT2D eigenvalue weighted by atomic mass is 19.1. The molecule has 0 amide bonds. The zero-order valence-electron chi connectivity index (χ0n) is 8.59. The summed E-state index contributed by atoms with van der Waals surface area (Å²) in [4.78, 5) is 0. The Morgan fingerprint density at radius 1 is 1.50 bits per heavy atom. The average molecular weight is 194 g/mol. The summed E-state index contributed by atoms with van der Waals surface area (Å²) in [5, 5.41) is 0. The first kappa shape index (κ1) is 10.8. The molecular formula is C12H15FO. The van der Waals surface area contributed by atoms with E-state index in [9.17, 15) is 4.39 Å². The van der Waals surface area contributed by atoms with Crippen molar-refractivity contribution in [1.82, 2.24) is 0 Å². The summed E-state index contributed by atoms with van der Waals surface area (Å²) in [7, 11) is 0. The van der Waals surface area contributed by atoms with E-state index >= 15 is 0 Å². The quantitative estimate of drug-likeness (QED) is 0.666. The van der Waals surface area contributed by atoms with Crippen molar-refractivity contribution in [2.24, 2.45) is 0 Å². The number of halogens is 1. The smallest absolute Gasteiger partial charge is 0.130 e. The van der Waals surface area contributed by atoms with Crippen molar-refractivity contribution in [2.75, 3.05) is 6.61 Å². The molecule has 0 N–H and O–H groups in total. The normalized spacial score (nSPS) is 10.3. The first-order chi connectivity index (χ1) is 6.66. The fraction of sp³-hybridized carbons (Fsp3) is 0.333. The third-order valence-corrected chi connectivity index (χ3v) is 1.95. The van der Waals surface area contributed by atoms with Crippen LogP contribution in [0.4, 0.5) is 4.39 Å². The van der Waals surface area contributed by atoms with E-state index in [1.807, 2.05) is 13.8 Å². The van der Waals surface area contributed by atoms with Gasteiger partial charge in [0.2, 0.25) is 0 Å². The molecule has 0 spiro atoms. The van der Waals surface area contributed by atoms with E-state index in [0.29, 0.717) is 17.9 Å². The van der Waals surface area contributed by atoms with Gasteiger partial charge >= 0.3 is 0 Å². The second-order valence-electron chi connectivity index (χ2n) is 3.41. The summed E-state index contributed by atoms with van der Waals surface area (Å²) in [5.41, 5.74) is 0.634.